The number of nitrogens with one attached hydrogen (secondary N) is 2. The van der Waals surface area contributed by atoms with Crippen molar-refractivity contribution in [3.63, 3.8) is 0 Å². The van der Waals surface area contributed by atoms with Crippen molar-refractivity contribution in [3.8, 4) is 5.75 Å². The Labute approximate surface area is 162 Å². The van der Waals surface area contributed by atoms with Crippen molar-refractivity contribution in [1.29, 1.82) is 0 Å². The van der Waals surface area contributed by atoms with E-state index in [-0.39, 0.29) is 0 Å². The Morgan fingerprint density at radius 2 is 2.18 bits per heavy atom. The molecule has 1 saturated heterocycles. The molecule has 7 heteroatoms. The van der Waals surface area contributed by atoms with Crippen LogP contribution in [-0.4, -0.2) is 46.2 Å². The van der Waals surface area contributed by atoms with E-state index in [1.807, 2.05) is 6.07 Å². The number of aromatic amines is 1. The number of methoxy groups -OCH3 is 1. The number of hydrogen-bond donors (Lipinski definition) is 2. The third-order valence-corrected chi connectivity index (χ3v) is 5.47. The Hall–Kier alpha value is -3.35. The van der Waals surface area contributed by atoms with Gasteiger partial charge in [0.2, 0.25) is 0 Å². The first-order valence-corrected chi connectivity index (χ1v) is 9.55. The van der Waals surface area contributed by atoms with Gasteiger partial charge in [-0.05, 0) is 36.4 Å². The Morgan fingerprint density at radius 3 is 3.11 bits per heavy atom. The number of imidazole rings is 1. The molecule has 0 unspecified atom stereocenters. The number of rotatable bonds is 5. The third kappa shape index (κ3) is 2.89. The zero-order chi connectivity index (χ0) is 18.9. The lowest BCUT2D eigenvalue weighted by atomic mass is 10.1. The van der Waals surface area contributed by atoms with Gasteiger partial charge in [0.1, 0.15) is 17.6 Å². The van der Waals surface area contributed by atoms with E-state index in [0.29, 0.717) is 11.7 Å². The fraction of sp³-hybridized carbons (Fsp3) is 0.286. The quantitative estimate of drug-likeness (QED) is 0.556. The highest BCUT2D eigenvalue weighted by molar-refractivity contribution is 5.95. The van der Waals surface area contributed by atoms with E-state index in [9.17, 15) is 0 Å². The van der Waals surface area contributed by atoms with Gasteiger partial charge in [-0.2, -0.15) is 0 Å². The number of ether oxygens (including phenoxy) is 1. The molecule has 4 aromatic rings. The van der Waals surface area contributed by atoms with Gasteiger partial charge in [-0.25, -0.2) is 15.0 Å². The summed E-state index contributed by atoms with van der Waals surface area (Å²) in [5.41, 5.74) is 2.74. The standard InChI is InChI=1S/C21H22N6O/c1-28-16-8-7-14-4-2-6-18(17(14)10-16)22-11-15-5-3-9-27(15)21-19-20(24-12-23-19)25-13-26-21/h2,4,6-8,10,12-13,15,22H,3,5,9,11H2,1H3,(H,23,24,25,26)/t15-/m1/s1. The normalized spacial score (nSPS) is 16.8. The average molecular weight is 374 g/mol. The maximum Gasteiger partial charge on any atom is 0.182 e. The van der Waals surface area contributed by atoms with E-state index < -0.39 is 0 Å². The van der Waals surface area contributed by atoms with Crippen LogP contribution in [0.5, 0.6) is 5.75 Å². The lowest BCUT2D eigenvalue weighted by Crippen LogP contribution is -2.35. The highest BCUT2D eigenvalue weighted by atomic mass is 16.5. The molecule has 2 aromatic carbocycles. The van der Waals surface area contributed by atoms with Gasteiger partial charge in [0.25, 0.3) is 0 Å². The van der Waals surface area contributed by atoms with Crippen LogP contribution in [0.4, 0.5) is 11.5 Å². The SMILES string of the molecule is COc1ccc2cccc(NC[C@H]3CCCN3c3ncnc4nc[nH]c34)c2c1. The first-order chi connectivity index (χ1) is 13.8. The van der Waals surface area contributed by atoms with Gasteiger partial charge in [0.15, 0.2) is 11.5 Å². The second-order valence-electron chi connectivity index (χ2n) is 7.06. The summed E-state index contributed by atoms with van der Waals surface area (Å²) in [5.74, 6) is 1.80. The van der Waals surface area contributed by atoms with Crippen LogP contribution < -0.4 is 15.0 Å². The smallest absolute Gasteiger partial charge is 0.182 e. The number of hydrogen-bond acceptors (Lipinski definition) is 6. The van der Waals surface area contributed by atoms with Crippen LogP contribution in [0.3, 0.4) is 0 Å². The van der Waals surface area contributed by atoms with Gasteiger partial charge in [-0.3, -0.25) is 0 Å². The van der Waals surface area contributed by atoms with E-state index in [1.165, 1.54) is 10.8 Å². The van der Waals surface area contributed by atoms with Crippen molar-refractivity contribution in [3.05, 3.63) is 49.1 Å². The van der Waals surface area contributed by atoms with E-state index in [0.717, 1.165) is 48.7 Å². The summed E-state index contributed by atoms with van der Waals surface area (Å²) in [4.78, 5) is 18.6. The summed E-state index contributed by atoms with van der Waals surface area (Å²) in [6.07, 6.45) is 5.55. The predicted molar refractivity (Wildman–Crippen MR) is 111 cm³/mol. The molecule has 0 amide bonds. The molecule has 1 aliphatic heterocycles. The molecule has 28 heavy (non-hydrogen) atoms. The van der Waals surface area contributed by atoms with Crippen molar-refractivity contribution in [2.24, 2.45) is 0 Å². The van der Waals surface area contributed by atoms with Gasteiger partial charge in [-0.15, -0.1) is 0 Å². The minimum atomic E-state index is 0.363. The second kappa shape index (κ2) is 6.99. The van der Waals surface area contributed by atoms with Gasteiger partial charge in [-0.1, -0.05) is 18.2 Å². The highest BCUT2D eigenvalue weighted by Gasteiger charge is 2.27. The van der Waals surface area contributed by atoms with Gasteiger partial charge in [0.05, 0.1) is 13.4 Å². The van der Waals surface area contributed by atoms with Crippen molar-refractivity contribution >= 4 is 33.4 Å². The zero-order valence-electron chi connectivity index (χ0n) is 15.7. The fourth-order valence-corrected chi connectivity index (χ4v) is 4.06. The largest absolute Gasteiger partial charge is 0.497 e. The van der Waals surface area contributed by atoms with Gasteiger partial charge in [0, 0.05) is 30.2 Å². The lowest BCUT2D eigenvalue weighted by molar-refractivity contribution is 0.415. The van der Waals surface area contributed by atoms with Crippen LogP contribution in [0.15, 0.2) is 49.1 Å². The number of anilines is 2. The molecule has 0 radical (unpaired) electrons. The zero-order valence-corrected chi connectivity index (χ0v) is 15.7. The molecule has 7 nitrogen and oxygen atoms in total. The molecule has 1 atom stereocenters. The molecular formula is C21H22N6O. The van der Waals surface area contributed by atoms with Crippen molar-refractivity contribution < 1.29 is 4.74 Å². The molecule has 2 aromatic heterocycles. The monoisotopic (exact) mass is 374 g/mol. The first-order valence-electron chi connectivity index (χ1n) is 9.55. The molecule has 0 spiro atoms. The maximum absolute atomic E-state index is 5.40. The molecule has 0 aliphatic carbocycles. The van der Waals surface area contributed by atoms with Crippen LogP contribution in [0.1, 0.15) is 12.8 Å². The lowest BCUT2D eigenvalue weighted by Gasteiger charge is -2.26. The second-order valence-corrected chi connectivity index (χ2v) is 7.06. The van der Waals surface area contributed by atoms with Crippen molar-refractivity contribution in [2.45, 2.75) is 18.9 Å². The summed E-state index contributed by atoms with van der Waals surface area (Å²) in [5, 5.41) is 6.03. The fourth-order valence-electron chi connectivity index (χ4n) is 4.06. The summed E-state index contributed by atoms with van der Waals surface area (Å²) in [6.45, 7) is 1.83. The maximum atomic E-state index is 5.40. The number of benzene rings is 2. The van der Waals surface area contributed by atoms with Crippen molar-refractivity contribution in [1.82, 2.24) is 19.9 Å². The highest BCUT2D eigenvalue weighted by Crippen LogP contribution is 2.30. The summed E-state index contributed by atoms with van der Waals surface area (Å²) in [7, 11) is 1.70. The Kier molecular flexibility index (Phi) is 4.20. The van der Waals surface area contributed by atoms with Gasteiger partial charge >= 0.3 is 0 Å². The molecule has 1 fully saturated rings. The van der Waals surface area contributed by atoms with Crippen LogP contribution >= 0.6 is 0 Å². The summed E-state index contributed by atoms with van der Waals surface area (Å²) >= 11 is 0. The van der Waals surface area contributed by atoms with E-state index in [4.69, 9.17) is 4.74 Å². The molecule has 142 valence electrons. The summed E-state index contributed by atoms with van der Waals surface area (Å²) in [6, 6.07) is 12.9. The van der Waals surface area contributed by atoms with Crippen molar-refractivity contribution in [2.75, 3.05) is 30.4 Å². The number of H-pyrrole nitrogens is 1. The summed E-state index contributed by atoms with van der Waals surface area (Å²) < 4.78 is 5.40. The Balaban J connectivity index is 1.41. The van der Waals surface area contributed by atoms with Gasteiger partial charge < -0.3 is 19.9 Å². The minimum absolute atomic E-state index is 0.363. The number of aromatic nitrogens is 4. The van der Waals surface area contributed by atoms with Crippen LogP contribution in [-0.2, 0) is 0 Å². The topological polar surface area (TPSA) is 79.0 Å². The van der Waals surface area contributed by atoms with E-state index in [1.54, 1.807) is 19.8 Å². The molecule has 2 N–H and O–H groups in total. The van der Waals surface area contributed by atoms with Crippen LogP contribution in [0.2, 0.25) is 0 Å². The molecule has 1 aliphatic rings. The van der Waals surface area contributed by atoms with E-state index >= 15 is 0 Å². The molecule has 0 saturated carbocycles. The predicted octanol–water partition coefficient (Wildman–Crippen LogP) is 3.60. The van der Waals surface area contributed by atoms with Crippen LogP contribution in [0, 0.1) is 0 Å². The number of fused-ring (bicyclic) bond motifs is 2. The Morgan fingerprint density at radius 1 is 1.21 bits per heavy atom. The number of nitrogens with zero attached hydrogens (tertiary/aromatic N) is 4. The van der Waals surface area contributed by atoms with Crippen LogP contribution in [0.25, 0.3) is 21.9 Å². The third-order valence-electron chi connectivity index (χ3n) is 5.47. The molecular weight excluding hydrogens is 352 g/mol. The minimum Gasteiger partial charge on any atom is -0.497 e. The first kappa shape index (κ1) is 16.8. The molecule has 5 rings (SSSR count). The average Bonchev–Trinajstić information content (AvgIpc) is 3.40. The molecule has 3 heterocycles. The van der Waals surface area contributed by atoms with E-state index in [2.05, 4.69) is 60.5 Å². The Bertz CT molecular complexity index is 1120. The molecule has 0 bridgehead atoms.